The van der Waals surface area contributed by atoms with Crippen LogP contribution in [0.2, 0.25) is 5.02 Å². The Morgan fingerprint density at radius 1 is 1.08 bits per heavy atom. The third-order valence-electron chi connectivity index (χ3n) is 3.69. The molecule has 0 radical (unpaired) electrons. The van der Waals surface area contributed by atoms with Gasteiger partial charge >= 0.3 is 5.97 Å². The van der Waals surface area contributed by atoms with Crippen LogP contribution in [0.25, 0.3) is 0 Å². The molecule has 0 atom stereocenters. The maximum absolute atomic E-state index is 11.9. The molecule has 6 nitrogen and oxygen atoms in total. The monoisotopic (exact) mass is 368 g/mol. The number of aromatic nitrogens is 2. The topological polar surface area (TPSA) is 76.1 Å². The Morgan fingerprint density at radius 2 is 1.88 bits per heavy atom. The molecule has 1 heterocycles. The molecule has 1 aromatic heterocycles. The zero-order valence-corrected chi connectivity index (χ0v) is 15.0. The van der Waals surface area contributed by atoms with Gasteiger partial charge in [0.25, 0.3) is 0 Å². The first-order chi connectivity index (χ1) is 12.6. The van der Waals surface area contributed by atoms with E-state index in [1.165, 1.54) is 7.11 Å². The number of esters is 1. The Balaban J connectivity index is 1.83. The highest BCUT2D eigenvalue weighted by molar-refractivity contribution is 6.30. The number of benzene rings is 2. The van der Waals surface area contributed by atoms with Crippen LogP contribution < -0.4 is 10.6 Å². The fourth-order valence-corrected chi connectivity index (χ4v) is 2.62. The Morgan fingerprint density at radius 3 is 2.65 bits per heavy atom. The number of rotatable bonds is 5. The summed E-state index contributed by atoms with van der Waals surface area (Å²) in [7, 11) is 1.35. The second-order valence-corrected chi connectivity index (χ2v) is 5.95. The predicted molar refractivity (Wildman–Crippen MR) is 103 cm³/mol. The first-order valence-corrected chi connectivity index (χ1v) is 8.25. The maximum atomic E-state index is 11.9. The Labute approximate surface area is 156 Å². The van der Waals surface area contributed by atoms with E-state index in [0.29, 0.717) is 28.0 Å². The number of anilines is 4. The number of carbonyl (C=O) groups is 1. The van der Waals surface area contributed by atoms with Crippen molar-refractivity contribution in [3.8, 4) is 0 Å². The molecule has 7 heteroatoms. The molecular formula is C19H17ClN4O2. The van der Waals surface area contributed by atoms with Crippen LogP contribution in [0, 0.1) is 6.92 Å². The molecule has 2 N–H and O–H groups in total. The van der Waals surface area contributed by atoms with E-state index in [0.717, 1.165) is 11.3 Å². The average molecular weight is 369 g/mol. The largest absolute Gasteiger partial charge is 0.465 e. The second-order valence-electron chi connectivity index (χ2n) is 5.51. The van der Waals surface area contributed by atoms with Gasteiger partial charge in [0, 0.05) is 16.9 Å². The highest BCUT2D eigenvalue weighted by atomic mass is 35.5. The van der Waals surface area contributed by atoms with Crippen molar-refractivity contribution in [3.63, 3.8) is 0 Å². The van der Waals surface area contributed by atoms with Gasteiger partial charge in [-0.15, -0.1) is 0 Å². The van der Waals surface area contributed by atoms with Crippen LogP contribution >= 0.6 is 11.6 Å². The quantitative estimate of drug-likeness (QED) is 0.635. The minimum atomic E-state index is -0.419. The number of para-hydroxylation sites is 1. The lowest BCUT2D eigenvalue weighted by Crippen LogP contribution is -2.07. The van der Waals surface area contributed by atoms with Gasteiger partial charge in [-0.1, -0.05) is 23.7 Å². The van der Waals surface area contributed by atoms with Gasteiger partial charge in [-0.2, -0.15) is 4.98 Å². The number of nitrogens with zero attached hydrogens (tertiary/aromatic N) is 2. The molecule has 0 amide bonds. The second kappa shape index (κ2) is 7.84. The van der Waals surface area contributed by atoms with Gasteiger partial charge in [0.2, 0.25) is 5.95 Å². The summed E-state index contributed by atoms with van der Waals surface area (Å²) in [5, 5.41) is 6.96. The molecule has 0 aliphatic carbocycles. The predicted octanol–water partition coefficient (Wildman–Crippen LogP) is 4.71. The molecule has 0 spiro atoms. The Kier molecular flexibility index (Phi) is 5.34. The first kappa shape index (κ1) is 17.7. The van der Waals surface area contributed by atoms with Gasteiger partial charge in [0.15, 0.2) is 0 Å². The molecule has 2 aromatic carbocycles. The Bertz CT molecular complexity index is 946. The zero-order chi connectivity index (χ0) is 18.5. The molecule has 0 saturated carbocycles. The summed E-state index contributed by atoms with van der Waals surface area (Å²) in [6.45, 7) is 1.95. The van der Waals surface area contributed by atoms with E-state index in [4.69, 9.17) is 16.3 Å². The van der Waals surface area contributed by atoms with Gasteiger partial charge in [-0.05, 0) is 48.9 Å². The number of methoxy groups -OCH3 is 1. The lowest BCUT2D eigenvalue weighted by molar-refractivity contribution is 0.0602. The highest BCUT2D eigenvalue weighted by Crippen LogP contribution is 2.24. The van der Waals surface area contributed by atoms with Crippen molar-refractivity contribution >= 4 is 40.7 Å². The van der Waals surface area contributed by atoms with Crippen LogP contribution in [0.4, 0.5) is 23.1 Å². The van der Waals surface area contributed by atoms with E-state index in [9.17, 15) is 4.79 Å². The highest BCUT2D eigenvalue weighted by Gasteiger charge is 2.12. The van der Waals surface area contributed by atoms with Gasteiger partial charge < -0.3 is 15.4 Å². The van der Waals surface area contributed by atoms with Gasteiger partial charge in [0.1, 0.15) is 5.82 Å². The number of hydrogen-bond acceptors (Lipinski definition) is 6. The summed E-state index contributed by atoms with van der Waals surface area (Å²) in [5.41, 5.74) is 2.88. The molecule has 0 unspecified atom stereocenters. The molecule has 3 rings (SSSR count). The van der Waals surface area contributed by atoms with Crippen molar-refractivity contribution in [2.75, 3.05) is 17.7 Å². The smallest absolute Gasteiger partial charge is 0.339 e. The molecule has 3 aromatic rings. The number of hydrogen-bond donors (Lipinski definition) is 2. The van der Waals surface area contributed by atoms with Gasteiger partial charge in [0.05, 0.1) is 18.4 Å². The van der Waals surface area contributed by atoms with Crippen molar-refractivity contribution < 1.29 is 9.53 Å². The SMILES string of the molecule is COC(=O)c1ccccc1Nc1ccnc(Nc2ccc(Cl)cc2C)n1. The maximum Gasteiger partial charge on any atom is 0.339 e. The number of aryl methyl sites for hydroxylation is 1. The molecule has 132 valence electrons. The zero-order valence-electron chi connectivity index (χ0n) is 14.3. The van der Waals surface area contributed by atoms with E-state index in [1.54, 1.807) is 36.5 Å². The molecule has 0 aliphatic heterocycles. The number of ether oxygens (including phenoxy) is 1. The summed E-state index contributed by atoms with van der Waals surface area (Å²) in [6, 6.07) is 14.3. The average Bonchev–Trinajstić information content (AvgIpc) is 2.64. The van der Waals surface area contributed by atoms with Crippen LogP contribution in [-0.2, 0) is 4.74 Å². The molecule has 0 fully saturated rings. The van der Waals surface area contributed by atoms with Crippen molar-refractivity contribution in [1.82, 2.24) is 9.97 Å². The summed E-state index contributed by atoms with van der Waals surface area (Å²) < 4.78 is 4.81. The van der Waals surface area contributed by atoms with Crippen LogP contribution in [0.15, 0.2) is 54.7 Å². The summed E-state index contributed by atoms with van der Waals surface area (Å²) in [6.07, 6.45) is 1.63. The van der Waals surface area contributed by atoms with E-state index < -0.39 is 5.97 Å². The molecule has 0 saturated heterocycles. The third kappa shape index (κ3) is 4.10. The van der Waals surface area contributed by atoms with Gasteiger partial charge in [-0.3, -0.25) is 0 Å². The molecule has 26 heavy (non-hydrogen) atoms. The van der Waals surface area contributed by atoms with Crippen LogP contribution in [-0.4, -0.2) is 23.0 Å². The number of halogens is 1. The molecular weight excluding hydrogens is 352 g/mol. The normalized spacial score (nSPS) is 10.3. The fourth-order valence-electron chi connectivity index (χ4n) is 2.39. The standard InChI is InChI=1S/C19H17ClN4O2/c1-12-11-13(20)7-8-15(12)23-19-21-10-9-17(24-19)22-16-6-4-3-5-14(16)18(25)26-2/h3-11H,1-2H3,(H2,21,22,23,24). The fraction of sp³-hybridized carbons (Fsp3) is 0.105. The van der Waals surface area contributed by atoms with Crippen LogP contribution in [0.3, 0.4) is 0 Å². The van der Waals surface area contributed by atoms with Crippen LogP contribution in [0.1, 0.15) is 15.9 Å². The summed E-state index contributed by atoms with van der Waals surface area (Å²) in [4.78, 5) is 20.5. The lowest BCUT2D eigenvalue weighted by Gasteiger charge is -2.12. The van der Waals surface area contributed by atoms with Crippen molar-refractivity contribution in [3.05, 3.63) is 70.9 Å². The summed E-state index contributed by atoms with van der Waals surface area (Å²) in [5.74, 6) is 0.554. The van der Waals surface area contributed by atoms with Crippen molar-refractivity contribution in [2.24, 2.45) is 0 Å². The first-order valence-electron chi connectivity index (χ1n) is 7.87. The third-order valence-corrected chi connectivity index (χ3v) is 3.92. The molecule has 0 aliphatic rings. The number of nitrogens with one attached hydrogen (secondary N) is 2. The minimum Gasteiger partial charge on any atom is -0.465 e. The minimum absolute atomic E-state index is 0.419. The van der Waals surface area contributed by atoms with E-state index in [1.807, 2.05) is 25.1 Å². The Hall–Kier alpha value is -3.12. The van der Waals surface area contributed by atoms with E-state index in [-0.39, 0.29) is 0 Å². The van der Waals surface area contributed by atoms with E-state index >= 15 is 0 Å². The number of carbonyl (C=O) groups excluding carboxylic acids is 1. The van der Waals surface area contributed by atoms with Crippen LogP contribution in [0.5, 0.6) is 0 Å². The van der Waals surface area contributed by atoms with Crippen molar-refractivity contribution in [1.29, 1.82) is 0 Å². The lowest BCUT2D eigenvalue weighted by atomic mass is 10.2. The van der Waals surface area contributed by atoms with E-state index in [2.05, 4.69) is 20.6 Å². The van der Waals surface area contributed by atoms with Crippen molar-refractivity contribution in [2.45, 2.75) is 6.92 Å². The molecule has 0 bridgehead atoms. The summed E-state index contributed by atoms with van der Waals surface area (Å²) >= 11 is 5.98. The van der Waals surface area contributed by atoms with Gasteiger partial charge in [-0.25, -0.2) is 9.78 Å².